The van der Waals surface area contributed by atoms with Crippen LogP contribution in [0.25, 0.3) is 0 Å². The number of fused-ring (bicyclic) bond motifs is 2. The van der Waals surface area contributed by atoms with E-state index in [0.717, 1.165) is 18.7 Å². The van der Waals surface area contributed by atoms with Gasteiger partial charge in [0.05, 0.1) is 27.5 Å². The molecule has 4 heterocycles. The fourth-order valence-corrected chi connectivity index (χ4v) is 7.51. The summed E-state index contributed by atoms with van der Waals surface area (Å²) in [6, 6.07) is 5.76. The van der Waals surface area contributed by atoms with Crippen molar-refractivity contribution in [2.45, 2.75) is 43.2 Å². The van der Waals surface area contributed by atoms with Crippen molar-refractivity contribution < 1.29 is 24.4 Å². The summed E-state index contributed by atoms with van der Waals surface area (Å²) >= 11 is 2.96. The molecule has 1 N–H and O–H groups in total. The summed E-state index contributed by atoms with van der Waals surface area (Å²) in [6.07, 6.45) is 3.60. The number of nitro benzene ring substituents is 1. The van der Waals surface area contributed by atoms with Crippen molar-refractivity contribution in [1.82, 2.24) is 14.5 Å². The van der Waals surface area contributed by atoms with Gasteiger partial charge >= 0.3 is 5.97 Å². The Hall–Kier alpha value is -2.83. The fraction of sp³-hybridized carbons (Fsp3) is 0.381. The third kappa shape index (κ3) is 3.91. The van der Waals surface area contributed by atoms with Crippen LogP contribution >= 0.6 is 23.5 Å². The standard InChI is InChI=1S/C21H20N4O6S2/c1-11(26)16-18(27)24-17(20(28)31-9-12-2-4-13(5-3-12)25(29)30)21(33-19(16)24)32-15-6-14-7-22-10-23(14)8-15/h2-5,7,10-11,15-16,19,26H,6,8-9H2,1H3/t11?,15?,16-,19+/m0/s1. The lowest BCUT2D eigenvalue weighted by atomic mass is 9.92. The maximum atomic E-state index is 13.1. The van der Waals surface area contributed by atoms with Gasteiger partial charge in [0, 0.05) is 42.2 Å². The van der Waals surface area contributed by atoms with E-state index in [0.29, 0.717) is 9.80 Å². The lowest BCUT2D eigenvalue weighted by Gasteiger charge is -2.43. The van der Waals surface area contributed by atoms with Gasteiger partial charge in [0.1, 0.15) is 12.0 Å². The highest BCUT2D eigenvalue weighted by molar-refractivity contribution is 8.23. The fourth-order valence-electron chi connectivity index (χ4n) is 4.18. The van der Waals surface area contributed by atoms with Gasteiger partial charge in [-0.25, -0.2) is 9.78 Å². The van der Waals surface area contributed by atoms with E-state index in [9.17, 15) is 24.8 Å². The molecule has 12 heteroatoms. The number of aromatic nitrogens is 2. The van der Waals surface area contributed by atoms with Crippen molar-refractivity contribution in [3.05, 3.63) is 68.1 Å². The maximum absolute atomic E-state index is 13.1. The van der Waals surface area contributed by atoms with Crippen molar-refractivity contribution in [3.8, 4) is 0 Å². The van der Waals surface area contributed by atoms with Crippen LogP contribution in [0.15, 0.2) is 46.7 Å². The molecule has 33 heavy (non-hydrogen) atoms. The average Bonchev–Trinajstić information content (AvgIpc) is 3.44. The van der Waals surface area contributed by atoms with Gasteiger partial charge in [0.15, 0.2) is 5.70 Å². The second-order valence-corrected chi connectivity index (χ2v) is 10.8. The molecule has 0 bridgehead atoms. The zero-order valence-electron chi connectivity index (χ0n) is 17.5. The predicted octanol–water partition coefficient (Wildman–Crippen LogP) is 2.27. The number of benzene rings is 1. The Bertz CT molecular complexity index is 1140. The van der Waals surface area contributed by atoms with Gasteiger partial charge in [0.2, 0.25) is 5.91 Å². The number of hydrogen-bond acceptors (Lipinski definition) is 9. The number of esters is 1. The monoisotopic (exact) mass is 488 g/mol. The number of hydrogen-bond donors (Lipinski definition) is 1. The molecule has 0 saturated carbocycles. The van der Waals surface area contributed by atoms with E-state index in [4.69, 9.17) is 4.74 Å². The lowest BCUT2D eigenvalue weighted by Crippen LogP contribution is -2.60. The van der Waals surface area contributed by atoms with Crippen LogP contribution in [-0.4, -0.2) is 53.1 Å². The van der Waals surface area contributed by atoms with Crippen LogP contribution in [0.4, 0.5) is 5.69 Å². The normalized spacial score (nSPS) is 24.4. The zero-order valence-corrected chi connectivity index (χ0v) is 19.1. The van der Waals surface area contributed by atoms with Crippen molar-refractivity contribution >= 4 is 41.1 Å². The first-order valence-electron chi connectivity index (χ1n) is 10.3. The Morgan fingerprint density at radius 1 is 1.42 bits per heavy atom. The number of ether oxygens (including phenoxy) is 1. The third-order valence-corrected chi connectivity index (χ3v) is 8.67. The minimum Gasteiger partial charge on any atom is -0.456 e. The third-order valence-electron chi connectivity index (χ3n) is 5.89. The van der Waals surface area contributed by atoms with Crippen LogP contribution in [-0.2, 0) is 33.9 Å². The zero-order chi connectivity index (χ0) is 23.3. The smallest absolute Gasteiger partial charge is 0.357 e. The van der Waals surface area contributed by atoms with Crippen molar-refractivity contribution in [3.63, 3.8) is 0 Å². The Balaban J connectivity index is 1.33. The molecule has 0 radical (unpaired) electrons. The molecule has 1 saturated heterocycles. The van der Waals surface area contributed by atoms with E-state index in [-0.39, 0.29) is 34.5 Å². The van der Waals surface area contributed by atoms with Crippen LogP contribution in [0.3, 0.4) is 0 Å². The number of aliphatic hydroxyl groups is 1. The molecule has 1 amide bonds. The highest BCUT2D eigenvalue weighted by Crippen LogP contribution is 2.55. The van der Waals surface area contributed by atoms with Crippen LogP contribution in [0, 0.1) is 16.0 Å². The minimum atomic E-state index is -0.814. The van der Waals surface area contributed by atoms with Crippen LogP contribution in [0.5, 0.6) is 0 Å². The number of amides is 1. The Morgan fingerprint density at radius 3 is 2.85 bits per heavy atom. The second-order valence-electron chi connectivity index (χ2n) is 8.10. The Kier molecular flexibility index (Phi) is 5.67. The molecule has 1 aromatic heterocycles. The number of non-ortho nitro benzene ring substituents is 1. The number of thioether (sulfide) groups is 2. The van der Waals surface area contributed by atoms with E-state index in [1.807, 2.05) is 6.20 Å². The predicted molar refractivity (Wildman–Crippen MR) is 121 cm³/mol. The van der Waals surface area contributed by atoms with Crippen LogP contribution < -0.4 is 0 Å². The molecule has 3 aliphatic rings. The number of aliphatic hydroxyl groups excluding tert-OH is 1. The van der Waals surface area contributed by atoms with Gasteiger partial charge in [-0.1, -0.05) is 11.8 Å². The lowest BCUT2D eigenvalue weighted by molar-refractivity contribution is -0.384. The summed E-state index contributed by atoms with van der Waals surface area (Å²) in [7, 11) is 0. The number of nitro groups is 1. The van der Waals surface area contributed by atoms with Gasteiger partial charge in [0.25, 0.3) is 5.69 Å². The number of β-lactam (4-membered cyclic amide) rings is 1. The van der Waals surface area contributed by atoms with Gasteiger partial charge in [-0.15, -0.1) is 11.8 Å². The van der Waals surface area contributed by atoms with Gasteiger partial charge in [-0.3, -0.25) is 19.8 Å². The topological polar surface area (TPSA) is 128 Å². The summed E-state index contributed by atoms with van der Waals surface area (Å²) in [5, 5.41) is 20.7. The largest absolute Gasteiger partial charge is 0.456 e. The molecular weight excluding hydrogens is 468 g/mol. The second kappa shape index (κ2) is 8.50. The highest BCUT2D eigenvalue weighted by Gasteiger charge is 2.58. The van der Waals surface area contributed by atoms with Gasteiger partial charge in [-0.2, -0.15) is 0 Å². The van der Waals surface area contributed by atoms with Crippen molar-refractivity contribution in [1.29, 1.82) is 0 Å². The SMILES string of the molecule is CC(O)[C@H]1C(=O)N2C(C(=O)OCc3ccc([N+](=O)[O-])cc3)=C(SC3Cc4cncn4C3)S[C@H]12. The molecule has 4 atom stereocenters. The number of rotatable bonds is 7. The Labute approximate surface area is 197 Å². The summed E-state index contributed by atoms with van der Waals surface area (Å²) in [5.41, 5.74) is 1.90. The summed E-state index contributed by atoms with van der Waals surface area (Å²) in [4.78, 5) is 41.7. The average molecular weight is 489 g/mol. The molecule has 0 spiro atoms. The summed E-state index contributed by atoms with van der Waals surface area (Å²) in [5.74, 6) is -1.48. The summed E-state index contributed by atoms with van der Waals surface area (Å²) < 4.78 is 8.27. The molecule has 2 unspecified atom stereocenters. The van der Waals surface area contributed by atoms with E-state index in [1.165, 1.54) is 40.9 Å². The first-order chi connectivity index (χ1) is 15.8. The Morgan fingerprint density at radius 2 is 2.18 bits per heavy atom. The van der Waals surface area contributed by atoms with Crippen LogP contribution in [0.1, 0.15) is 18.2 Å². The van der Waals surface area contributed by atoms with Crippen LogP contribution in [0.2, 0.25) is 0 Å². The maximum Gasteiger partial charge on any atom is 0.357 e. The molecule has 2 aromatic rings. The molecule has 3 aliphatic heterocycles. The number of carbonyl (C=O) groups excluding carboxylic acids is 2. The van der Waals surface area contributed by atoms with E-state index < -0.39 is 22.9 Å². The van der Waals surface area contributed by atoms with Gasteiger partial charge in [-0.05, 0) is 24.6 Å². The number of carbonyl (C=O) groups is 2. The van der Waals surface area contributed by atoms with Crippen molar-refractivity contribution in [2.24, 2.45) is 5.92 Å². The van der Waals surface area contributed by atoms with E-state index >= 15 is 0 Å². The molecule has 1 aromatic carbocycles. The number of nitrogens with zero attached hydrogens (tertiary/aromatic N) is 4. The molecular formula is C21H20N4O6S2. The van der Waals surface area contributed by atoms with Gasteiger partial charge < -0.3 is 14.4 Å². The molecule has 1 fully saturated rings. The highest BCUT2D eigenvalue weighted by atomic mass is 32.2. The number of imidazole rings is 1. The molecule has 0 aliphatic carbocycles. The first-order valence-corrected chi connectivity index (χ1v) is 12.1. The molecule has 172 valence electrons. The minimum absolute atomic E-state index is 0.0472. The van der Waals surface area contributed by atoms with E-state index in [1.54, 1.807) is 25.0 Å². The van der Waals surface area contributed by atoms with Crippen molar-refractivity contribution in [2.75, 3.05) is 0 Å². The molecule has 10 nitrogen and oxygen atoms in total. The summed E-state index contributed by atoms with van der Waals surface area (Å²) in [6.45, 7) is 2.26. The quantitative estimate of drug-likeness (QED) is 0.270. The first kappa shape index (κ1) is 22.0. The molecule has 5 rings (SSSR count). The van der Waals surface area contributed by atoms with E-state index in [2.05, 4.69) is 9.55 Å².